The minimum Gasteiger partial charge on any atom is -0.0721 e. The van der Waals surface area contributed by atoms with Gasteiger partial charge >= 0.3 is 0 Å². The molecule has 2 heteroatoms. The van der Waals surface area contributed by atoms with E-state index in [2.05, 4.69) is 13.8 Å². The number of hydrogen-bond donors (Lipinski definition) is 0. The van der Waals surface area contributed by atoms with E-state index in [9.17, 15) is 0 Å². The highest BCUT2D eigenvalue weighted by atomic mass is 28.3. The lowest BCUT2D eigenvalue weighted by molar-refractivity contribution is 0.875. The predicted molar refractivity (Wildman–Crippen MR) is 61.3 cm³/mol. The highest BCUT2D eigenvalue weighted by Crippen LogP contribution is 1.99. The molecule has 68 valence electrons. The molecule has 0 aliphatic rings. The van der Waals surface area contributed by atoms with Gasteiger partial charge in [-0.25, -0.2) is 0 Å². The zero-order valence-corrected chi connectivity index (χ0v) is 11.2. The molecule has 0 radical (unpaired) electrons. The summed E-state index contributed by atoms with van der Waals surface area (Å²) in [5.74, 6) is 0. The molecule has 0 rings (SSSR count). The highest BCUT2D eigenvalue weighted by Gasteiger charge is 1.90. The van der Waals surface area contributed by atoms with Gasteiger partial charge in [0.15, 0.2) is 0 Å². The lowest BCUT2D eigenvalue weighted by Gasteiger charge is -1.97. The van der Waals surface area contributed by atoms with Crippen LogP contribution in [0.15, 0.2) is 0 Å². The maximum Gasteiger partial charge on any atom is 0.0166 e. The first kappa shape index (κ1) is 11.4. The van der Waals surface area contributed by atoms with E-state index in [0.29, 0.717) is 19.0 Å². The van der Waals surface area contributed by atoms with Gasteiger partial charge in [-0.15, -0.1) is 0 Å². The van der Waals surface area contributed by atoms with Crippen molar-refractivity contribution in [3.05, 3.63) is 0 Å². The molecule has 0 aromatic heterocycles. The van der Waals surface area contributed by atoms with Crippen molar-refractivity contribution in [1.82, 2.24) is 0 Å². The van der Waals surface area contributed by atoms with Crippen LogP contribution in [0.5, 0.6) is 0 Å². The molecule has 0 heterocycles. The van der Waals surface area contributed by atoms with Crippen LogP contribution in [0.4, 0.5) is 0 Å². The third-order valence-corrected chi connectivity index (χ3v) is 8.21. The smallest absolute Gasteiger partial charge is 0.0166 e. The largest absolute Gasteiger partial charge is 0.0721 e. The quantitative estimate of drug-likeness (QED) is 0.404. The first-order chi connectivity index (χ1) is 5.41. The van der Waals surface area contributed by atoms with Crippen LogP contribution in [-0.4, -0.2) is 19.0 Å². The lowest BCUT2D eigenvalue weighted by Crippen LogP contribution is -1.96. The van der Waals surface area contributed by atoms with E-state index in [1.165, 1.54) is 25.7 Å². The molecule has 0 amide bonds. The lowest BCUT2D eigenvalue weighted by atomic mass is 10.4. The highest BCUT2D eigenvalue weighted by molar-refractivity contribution is 6.55. The third-order valence-electron chi connectivity index (χ3n) is 2.21. The average molecular weight is 188 g/mol. The molecule has 0 N–H and O–H groups in total. The fourth-order valence-electron chi connectivity index (χ4n) is 1.38. The van der Waals surface area contributed by atoms with Crippen molar-refractivity contribution in [3.8, 4) is 0 Å². The summed E-state index contributed by atoms with van der Waals surface area (Å²) in [6.45, 7) is 4.62. The van der Waals surface area contributed by atoms with Gasteiger partial charge < -0.3 is 0 Å². The molecular weight excluding hydrogens is 164 g/mol. The summed E-state index contributed by atoms with van der Waals surface area (Å²) >= 11 is 0. The van der Waals surface area contributed by atoms with Crippen LogP contribution in [0.2, 0.25) is 17.8 Å². The minimum absolute atomic E-state index is 0.434. The molecule has 0 aliphatic carbocycles. The molecule has 0 nitrogen and oxygen atoms in total. The van der Waals surface area contributed by atoms with Crippen LogP contribution in [0.1, 0.15) is 39.5 Å². The second kappa shape index (κ2) is 10.4. The van der Waals surface area contributed by atoms with Crippen molar-refractivity contribution in [1.29, 1.82) is 0 Å². The van der Waals surface area contributed by atoms with Crippen molar-refractivity contribution in [2.24, 2.45) is 0 Å². The van der Waals surface area contributed by atoms with Crippen LogP contribution in [-0.2, 0) is 0 Å². The van der Waals surface area contributed by atoms with Crippen LogP contribution in [0, 0.1) is 0 Å². The number of hydrogen-bond acceptors (Lipinski definition) is 0. The molecule has 0 aromatic carbocycles. The molecule has 0 atom stereocenters. The summed E-state index contributed by atoms with van der Waals surface area (Å²) in [6, 6.07) is 3.27. The van der Waals surface area contributed by atoms with Crippen LogP contribution < -0.4 is 0 Å². The summed E-state index contributed by atoms with van der Waals surface area (Å²) in [7, 11) is 0.868. The molecule has 0 aromatic rings. The Bertz CT molecular complexity index is 56.6. The van der Waals surface area contributed by atoms with Crippen molar-refractivity contribution >= 4 is 19.0 Å². The standard InChI is InChI=1S/C9H24Si2/c1-3-5-7-10-9-11-8-6-4-2/h3-11H2,1-2H3. The molecular formula is C9H24Si2. The fourth-order valence-corrected chi connectivity index (χ4v) is 7.33. The summed E-state index contributed by atoms with van der Waals surface area (Å²) in [4.78, 5) is 0. The Balaban J connectivity index is 2.69. The van der Waals surface area contributed by atoms with Crippen molar-refractivity contribution in [2.75, 3.05) is 0 Å². The van der Waals surface area contributed by atoms with Gasteiger partial charge in [0.05, 0.1) is 0 Å². The van der Waals surface area contributed by atoms with Crippen molar-refractivity contribution in [3.63, 3.8) is 0 Å². The van der Waals surface area contributed by atoms with E-state index in [1.807, 2.05) is 0 Å². The first-order valence-electron chi connectivity index (χ1n) is 5.41. The average Bonchev–Trinajstić information content (AvgIpc) is 2.03. The van der Waals surface area contributed by atoms with E-state index in [-0.39, 0.29) is 0 Å². The summed E-state index contributed by atoms with van der Waals surface area (Å²) in [6.07, 6.45) is 5.88. The molecule has 11 heavy (non-hydrogen) atoms. The topological polar surface area (TPSA) is 0 Å². The van der Waals surface area contributed by atoms with Gasteiger partial charge in [-0.2, -0.15) is 0 Å². The van der Waals surface area contributed by atoms with Crippen molar-refractivity contribution < 1.29 is 0 Å². The van der Waals surface area contributed by atoms with Gasteiger partial charge in [0.1, 0.15) is 0 Å². The Hall–Kier alpha value is 0.434. The van der Waals surface area contributed by atoms with E-state index in [0.717, 1.165) is 0 Å². The Morgan fingerprint density at radius 3 is 1.64 bits per heavy atom. The van der Waals surface area contributed by atoms with Crippen LogP contribution in [0.3, 0.4) is 0 Å². The summed E-state index contributed by atoms with van der Waals surface area (Å²) in [5.41, 5.74) is 1.75. The second-order valence-electron chi connectivity index (χ2n) is 3.47. The van der Waals surface area contributed by atoms with Gasteiger partial charge in [0.25, 0.3) is 0 Å². The maximum absolute atomic E-state index is 2.31. The molecule has 0 spiro atoms. The minimum atomic E-state index is 0.434. The maximum atomic E-state index is 2.31. The van der Waals surface area contributed by atoms with Gasteiger partial charge in [-0.05, 0) is 0 Å². The van der Waals surface area contributed by atoms with Crippen LogP contribution in [0.25, 0.3) is 0 Å². The van der Waals surface area contributed by atoms with Gasteiger partial charge in [-0.3, -0.25) is 0 Å². The SMILES string of the molecule is CCCC[SiH2]C[SiH2]CCCC. The van der Waals surface area contributed by atoms with Crippen molar-refractivity contribution in [2.45, 2.75) is 57.3 Å². The zero-order valence-electron chi connectivity index (χ0n) is 8.36. The van der Waals surface area contributed by atoms with E-state index in [4.69, 9.17) is 0 Å². The van der Waals surface area contributed by atoms with E-state index in [1.54, 1.807) is 17.8 Å². The third kappa shape index (κ3) is 10.4. The second-order valence-corrected chi connectivity index (χ2v) is 9.13. The predicted octanol–water partition coefficient (Wildman–Crippen LogP) is 2.14. The Morgan fingerprint density at radius 1 is 0.818 bits per heavy atom. The first-order valence-corrected chi connectivity index (χ1v) is 9.41. The number of rotatable bonds is 8. The Labute approximate surface area is 76.8 Å². The van der Waals surface area contributed by atoms with Gasteiger partial charge in [0, 0.05) is 19.0 Å². The molecule has 0 unspecified atom stereocenters. The summed E-state index contributed by atoms with van der Waals surface area (Å²) < 4.78 is 0. The Kier molecular flexibility index (Phi) is 10.8. The van der Waals surface area contributed by atoms with E-state index < -0.39 is 0 Å². The normalized spacial score (nSPS) is 12.5. The number of unbranched alkanes of at least 4 members (excludes halogenated alkanes) is 2. The van der Waals surface area contributed by atoms with Gasteiger partial charge in [-0.1, -0.05) is 57.3 Å². The molecule has 0 fully saturated rings. The fraction of sp³-hybridized carbons (Fsp3) is 1.00. The summed E-state index contributed by atoms with van der Waals surface area (Å²) in [5, 5.41) is 0. The zero-order chi connectivity index (χ0) is 8.36. The molecule has 0 bridgehead atoms. The molecule has 0 saturated heterocycles. The van der Waals surface area contributed by atoms with Gasteiger partial charge in [0.2, 0.25) is 0 Å². The molecule has 0 saturated carbocycles. The van der Waals surface area contributed by atoms with Crippen LogP contribution >= 0.6 is 0 Å². The van der Waals surface area contributed by atoms with E-state index >= 15 is 0 Å². The Morgan fingerprint density at radius 2 is 1.27 bits per heavy atom. The monoisotopic (exact) mass is 188 g/mol. The molecule has 0 aliphatic heterocycles.